The number of alkyl halides is 3. The normalized spacial score (nSPS) is 23.6. The maximum atomic E-state index is 12.8. The summed E-state index contributed by atoms with van der Waals surface area (Å²) < 4.78 is 61.5. The van der Waals surface area contributed by atoms with E-state index in [1.807, 2.05) is 0 Å². The molecule has 0 bridgehead atoms. The highest BCUT2D eigenvalue weighted by molar-refractivity contribution is 7.91. The van der Waals surface area contributed by atoms with E-state index in [2.05, 4.69) is 0 Å². The standard InChI is InChI=1S/C15H16F3NO3S/c16-15(17,18)12-3-4-13-10(8-12)2-1-6-19(13)14(20)11-5-7-23(21,22)9-11/h3-4,8,11H,1-2,5-7,9H2/t11-/m0/s1. The zero-order valence-electron chi connectivity index (χ0n) is 12.3. The molecule has 2 aliphatic rings. The van der Waals surface area contributed by atoms with E-state index in [1.54, 1.807) is 0 Å². The van der Waals surface area contributed by atoms with E-state index in [0.717, 1.165) is 12.1 Å². The summed E-state index contributed by atoms with van der Waals surface area (Å²) in [5.41, 5.74) is 0.229. The molecule has 0 N–H and O–H groups in total. The zero-order valence-corrected chi connectivity index (χ0v) is 13.1. The summed E-state index contributed by atoms with van der Waals surface area (Å²) in [5.74, 6) is -1.06. The van der Waals surface area contributed by atoms with Crippen molar-refractivity contribution in [3.05, 3.63) is 29.3 Å². The van der Waals surface area contributed by atoms with Crippen LogP contribution in [0.4, 0.5) is 18.9 Å². The van der Waals surface area contributed by atoms with Gasteiger partial charge in [0, 0.05) is 12.2 Å². The second-order valence-electron chi connectivity index (χ2n) is 6.03. The molecule has 1 fully saturated rings. The minimum absolute atomic E-state index is 0.00286. The molecule has 1 aromatic rings. The van der Waals surface area contributed by atoms with Crippen molar-refractivity contribution >= 4 is 21.4 Å². The van der Waals surface area contributed by atoms with Crippen LogP contribution in [0.25, 0.3) is 0 Å². The van der Waals surface area contributed by atoms with Crippen molar-refractivity contribution < 1.29 is 26.4 Å². The first-order valence-corrected chi connectivity index (χ1v) is 9.21. The van der Waals surface area contributed by atoms with Crippen molar-refractivity contribution in [1.29, 1.82) is 0 Å². The number of sulfone groups is 1. The first kappa shape index (κ1) is 16.3. The second-order valence-corrected chi connectivity index (χ2v) is 8.26. The minimum atomic E-state index is -4.42. The SMILES string of the molecule is O=C([C@H]1CCS(=O)(=O)C1)N1CCCc2cc(C(F)(F)F)ccc21. The maximum Gasteiger partial charge on any atom is 0.416 e. The van der Waals surface area contributed by atoms with Gasteiger partial charge in [-0.3, -0.25) is 4.79 Å². The lowest BCUT2D eigenvalue weighted by Crippen LogP contribution is -2.40. The zero-order chi connectivity index (χ0) is 16.8. The topological polar surface area (TPSA) is 54.5 Å². The Morgan fingerprint density at radius 3 is 2.61 bits per heavy atom. The molecule has 1 saturated heterocycles. The van der Waals surface area contributed by atoms with Gasteiger partial charge in [-0.15, -0.1) is 0 Å². The quantitative estimate of drug-likeness (QED) is 0.784. The van der Waals surface area contributed by atoms with Crippen LogP contribution >= 0.6 is 0 Å². The number of anilines is 1. The van der Waals surface area contributed by atoms with Crippen LogP contribution in [0.1, 0.15) is 24.0 Å². The summed E-state index contributed by atoms with van der Waals surface area (Å²) >= 11 is 0. The van der Waals surface area contributed by atoms with Crippen LogP contribution in [0.3, 0.4) is 0 Å². The van der Waals surface area contributed by atoms with E-state index in [4.69, 9.17) is 0 Å². The first-order valence-electron chi connectivity index (χ1n) is 7.39. The molecule has 1 atom stereocenters. The van der Waals surface area contributed by atoms with E-state index in [9.17, 15) is 26.4 Å². The van der Waals surface area contributed by atoms with E-state index in [1.165, 1.54) is 11.0 Å². The van der Waals surface area contributed by atoms with Gasteiger partial charge >= 0.3 is 6.18 Å². The monoisotopic (exact) mass is 347 g/mol. The highest BCUT2D eigenvalue weighted by Crippen LogP contribution is 2.36. The fourth-order valence-corrected chi connectivity index (χ4v) is 4.95. The van der Waals surface area contributed by atoms with Crippen LogP contribution in [-0.4, -0.2) is 32.4 Å². The Bertz CT molecular complexity index is 743. The molecule has 0 unspecified atom stereocenters. The number of fused-ring (bicyclic) bond motifs is 1. The molecule has 0 spiro atoms. The molecule has 0 aromatic heterocycles. The third-order valence-electron chi connectivity index (χ3n) is 4.37. The summed E-state index contributed by atoms with van der Waals surface area (Å²) in [7, 11) is -3.18. The van der Waals surface area contributed by atoms with Crippen LogP contribution < -0.4 is 4.90 Å². The molecule has 0 saturated carbocycles. The number of hydrogen-bond acceptors (Lipinski definition) is 3. The fourth-order valence-electron chi connectivity index (χ4n) is 3.21. The fraction of sp³-hybridized carbons (Fsp3) is 0.533. The average molecular weight is 347 g/mol. The Kier molecular flexibility index (Phi) is 3.90. The van der Waals surface area contributed by atoms with Gasteiger partial charge in [0.1, 0.15) is 0 Å². The van der Waals surface area contributed by atoms with E-state index in [0.29, 0.717) is 30.6 Å². The summed E-state index contributed by atoms with van der Waals surface area (Å²) in [4.78, 5) is 14.0. The summed E-state index contributed by atoms with van der Waals surface area (Å²) in [6, 6.07) is 3.37. The van der Waals surface area contributed by atoms with Crippen LogP contribution in [-0.2, 0) is 27.2 Å². The number of halogens is 3. The van der Waals surface area contributed by atoms with Crippen molar-refractivity contribution in [2.75, 3.05) is 23.0 Å². The number of benzene rings is 1. The Balaban J connectivity index is 1.89. The molecule has 23 heavy (non-hydrogen) atoms. The number of aryl methyl sites for hydroxylation is 1. The van der Waals surface area contributed by atoms with Gasteiger partial charge in [-0.05, 0) is 43.0 Å². The number of carbonyl (C=O) groups excluding carboxylic acids is 1. The number of carbonyl (C=O) groups is 1. The van der Waals surface area contributed by atoms with Crippen molar-refractivity contribution in [2.24, 2.45) is 5.92 Å². The lowest BCUT2D eigenvalue weighted by molar-refractivity contribution is -0.137. The maximum absolute atomic E-state index is 12.8. The van der Waals surface area contributed by atoms with Gasteiger partial charge < -0.3 is 4.90 Å². The molecule has 1 amide bonds. The van der Waals surface area contributed by atoms with Gasteiger partial charge in [-0.1, -0.05) is 0 Å². The number of rotatable bonds is 1. The van der Waals surface area contributed by atoms with E-state index >= 15 is 0 Å². The Hall–Kier alpha value is -1.57. The molecule has 126 valence electrons. The third kappa shape index (κ3) is 3.22. The van der Waals surface area contributed by atoms with Crippen LogP contribution in [0.15, 0.2) is 18.2 Å². The van der Waals surface area contributed by atoms with E-state index < -0.39 is 27.5 Å². The minimum Gasteiger partial charge on any atom is -0.312 e. The summed E-state index contributed by atoms with van der Waals surface area (Å²) in [5, 5.41) is 0. The summed E-state index contributed by atoms with van der Waals surface area (Å²) in [6.07, 6.45) is -3.08. The van der Waals surface area contributed by atoms with Gasteiger partial charge in [0.05, 0.1) is 23.0 Å². The molecule has 0 aliphatic carbocycles. The van der Waals surface area contributed by atoms with Crippen LogP contribution in [0, 0.1) is 5.92 Å². The van der Waals surface area contributed by atoms with Crippen molar-refractivity contribution in [1.82, 2.24) is 0 Å². The highest BCUT2D eigenvalue weighted by Gasteiger charge is 2.38. The van der Waals surface area contributed by atoms with E-state index in [-0.39, 0.29) is 23.8 Å². The van der Waals surface area contributed by atoms with Gasteiger partial charge in [0.2, 0.25) is 5.91 Å². The van der Waals surface area contributed by atoms with Crippen molar-refractivity contribution in [3.63, 3.8) is 0 Å². The van der Waals surface area contributed by atoms with Gasteiger partial charge in [0.15, 0.2) is 9.84 Å². The van der Waals surface area contributed by atoms with Gasteiger partial charge in [-0.2, -0.15) is 13.2 Å². The molecule has 3 rings (SSSR count). The highest BCUT2D eigenvalue weighted by atomic mass is 32.2. The molecular weight excluding hydrogens is 331 g/mol. The molecule has 8 heteroatoms. The number of amides is 1. The first-order chi connectivity index (χ1) is 10.7. The van der Waals surface area contributed by atoms with Crippen molar-refractivity contribution in [2.45, 2.75) is 25.4 Å². The average Bonchev–Trinajstić information content (AvgIpc) is 2.84. The Labute approximate surface area is 132 Å². The van der Waals surface area contributed by atoms with Crippen molar-refractivity contribution in [3.8, 4) is 0 Å². The predicted molar refractivity (Wildman–Crippen MR) is 78.9 cm³/mol. The third-order valence-corrected chi connectivity index (χ3v) is 6.14. The Morgan fingerprint density at radius 2 is 2.00 bits per heavy atom. The molecule has 0 radical (unpaired) electrons. The smallest absolute Gasteiger partial charge is 0.312 e. The molecule has 4 nitrogen and oxygen atoms in total. The van der Waals surface area contributed by atoms with Crippen LogP contribution in [0.2, 0.25) is 0 Å². The van der Waals surface area contributed by atoms with Gasteiger partial charge in [-0.25, -0.2) is 8.42 Å². The molecular formula is C15H16F3NO3S. The second kappa shape index (κ2) is 5.51. The number of hydrogen-bond donors (Lipinski definition) is 0. The lowest BCUT2D eigenvalue weighted by Gasteiger charge is -2.31. The lowest BCUT2D eigenvalue weighted by atomic mass is 9.97. The number of nitrogens with zero attached hydrogens (tertiary/aromatic N) is 1. The largest absolute Gasteiger partial charge is 0.416 e. The predicted octanol–water partition coefficient (Wildman–Crippen LogP) is 2.42. The molecule has 2 aliphatic heterocycles. The van der Waals surface area contributed by atoms with Crippen LogP contribution in [0.5, 0.6) is 0 Å². The molecule has 2 heterocycles. The Morgan fingerprint density at radius 1 is 1.26 bits per heavy atom. The summed E-state index contributed by atoms with van der Waals surface area (Å²) in [6.45, 7) is 0.410. The molecule has 1 aromatic carbocycles. The van der Waals surface area contributed by atoms with Gasteiger partial charge in [0.25, 0.3) is 0 Å².